The zero-order valence-electron chi connectivity index (χ0n) is 13.5. The number of benzene rings is 1. The lowest BCUT2D eigenvalue weighted by Gasteiger charge is -2.33. The number of nitrogens with two attached hydrogens (primary N) is 1. The Hall–Kier alpha value is -2.19. The van der Waals surface area contributed by atoms with Crippen molar-refractivity contribution in [1.82, 2.24) is 14.4 Å². The number of fused-ring (bicyclic) bond motifs is 1. The van der Waals surface area contributed by atoms with Gasteiger partial charge in [0.25, 0.3) is 0 Å². The van der Waals surface area contributed by atoms with Crippen LogP contribution in [-0.4, -0.2) is 20.5 Å². The van der Waals surface area contributed by atoms with Crippen molar-refractivity contribution in [1.29, 1.82) is 0 Å². The number of aromatic nitrogens is 3. The molecule has 4 rings (SSSR count). The van der Waals surface area contributed by atoms with E-state index in [4.69, 9.17) is 10.7 Å². The molecule has 1 aromatic carbocycles. The van der Waals surface area contributed by atoms with Gasteiger partial charge in [0.15, 0.2) is 0 Å². The first kappa shape index (κ1) is 15.3. The number of nitrogen functional groups attached to an aromatic ring is 1. The summed E-state index contributed by atoms with van der Waals surface area (Å²) >= 11 is 0. The molecular weight excluding hydrogens is 315 g/mol. The topological polar surface area (TPSA) is 56.2 Å². The highest BCUT2D eigenvalue weighted by Gasteiger charge is 2.33. The molecule has 5 heteroatoms. The number of nitrogens with zero attached hydrogens (tertiary/aromatic N) is 3. The van der Waals surface area contributed by atoms with Crippen LogP contribution in [-0.2, 0) is 0 Å². The lowest BCUT2D eigenvalue weighted by Crippen LogP contribution is -2.24. The fourth-order valence-electron chi connectivity index (χ4n) is 3.49. The molecule has 0 spiro atoms. The van der Waals surface area contributed by atoms with E-state index in [2.05, 4.69) is 37.3 Å². The van der Waals surface area contributed by atoms with Crippen LogP contribution in [0.2, 0.25) is 0 Å². The third kappa shape index (κ3) is 2.42. The van der Waals surface area contributed by atoms with E-state index < -0.39 is 0 Å². The van der Waals surface area contributed by atoms with Crippen molar-refractivity contribution in [3.8, 4) is 11.3 Å². The normalized spacial score (nSPS) is 20.0. The molecule has 0 saturated heterocycles. The third-order valence-corrected chi connectivity index (χ3v) is 5.63. The van der Waals surface area contributed by atoms with Crippen LogP contribution in [0, 0.1) is 5.92 Å². The van der Waals surface area contributed by atoms with Crippen molar-refractivity contribution < 1.29 is 0 Å². The predicted molar refractivity (Wildman–Crippen MR) is 103 cm³/mol. The van der Waals surface area contributed by atoms with Crippen LogP contribution in [0.5, 0.6) is 0 Å². The largest absolute Gasteiger partial charge is 0.382 e. The van der Waals surface area contributed by atoms with E-state index in [1.807, 2.05) is 24.4 Å². The van der Waals surface area contributed by atoms with Crippen LogP contribution in [0.3, 0.4) is 0 Å². The third-order valence-electron chi connectivity index (χ3n) is 4.96. The van der Waals surface area contributed by atoms with Crippen LogP contribution in [0.15, 0.2) is 43.2 Å². The Kier molecular flexibility index (Phi) is 3.85. The second-order valence-electron chi connectivity index (χ2n) is 6.45. The summed E-state index contributed by atoms with van der Waals surface area (Å²) in [7, 11) is 2.85. The van der Waals surface area contributed by atoms with Crippen molar-refractivity contribution in [2.45, 2.75) is 18.8 Å². The molecule has 122 valence electrons. The van der Waals surface area contributed by atoms with Gasteiger partial charge >= 0.3 is 0 Å². The van der Waals surface area contributed by atoms with Gasteiger partial charge in [-0.15, -0.1) is 9.24 Å². The van der Waals surface area contributed by atoms with E-state index in [0.29, 0.717) is 11.7 Å². The Bertz CT molecular complexity index is 892. The maximum atomic E-state index is 6.19. The number of anilines is 1. The molecule has 3 aromatic rings. The van der Waals surface area contributed by atoms with Crippen LogP contribution in [0.4, 0.5) is 5.82 Å². The smallest absolute Gasteiger partial charge is 0.150 e. The summed E-state index contributed by atoms with van der Waals surface area (Å²) in [5, 5.41) is 0. The first-order chi connectivity index (χ1) is 11.7. The number of hydrogen-bond acceptors (Lipinski definition) is 3. The number of rotatable bonds is 4. The highest BCUT2D eigenvalue weighted by molar-refractivity contribution is 7.16. The lowest BCUT2D eigenvalue weighted by atomic mass is 9.75. The Balaban J connectivity index is 1.84. The lowest BCUT2D eigenvalue weighted by molar-refractivity contribution is 0.282. The average molecular weight is 336 g/mol. The first-order valence-electron chi connectivity index (χ1n) is 8.26. The van der Waals surface area contributed by atoms with Gasteiger partial charge in [-0.05, 0) is 30.5 Å². The van der Waals surface area contributed by atoms with Gasteiger partial charge in [-0.25, -0.2) is 9.97 Å². The SMILES string of the molecule is C=Cc1ccc(-c2nc(C3CC(CP)C3)n3ccnc(N)c23)cc1. The monoisotopic (exact) mass is 336 g/mol. The van der Waals surface area contributed by atoms with Gasteiger partial charge in [-0.3, -0.25) is 4.40 Å². The fraction of sp³-hybridized carbons (Fsp3) is 0.263. The van der Waals surface area contributed by atoms with Crippen LogP contribution in [0.1, 0.15) is 30.1 Å². The zero-order chi connectivity index (χ0) is 16.7. The molecule has 1 atom stereocenters. The molecule has 1 unspecified atom stereocenters. The average Bonchev–Trinajstić information content (AvgIpc) is 2.95. The summed E-state index contributed by atoms with van der Waals surface area (Å²) in [4.78, 5) is 9.25. The minimum atomic E-state index is 0.506. The van der Waals surface area contributed by atoms with Crippen LogP contribution < -0.4 is 5.73 Å². The first-order valence-corrected chi connectivity index (χ1v) is 9.08. The van der Waals surface area contributed by atoms with Crippen LogP contribution >= 0.6 is 9.24 Å². The van der Waals surface area contributed by atoms with Crippen molar-refractivity contribution in [3.05, 3.63) is 54.6 Å². The zero-order valence-corrected chi connectivity index (χ0v) is 14.7. The van der Waals surface area contributed by atoms with Gasteiger partial charge in [0.05, 0.1) is 0 Å². The molecule has 2 heterocycles. The van der Waals surface area contributed by atoms with Crippen molar-refractivity contribution in [2.24, 2.45) is 5.92 Å². The molecule has 0 bridgehead atoms. The maximum absolute atomic E-state index is 6.19. The molecule has 0 radical (unpaired) electrons. The van der Waals surface area contributed by atoms with Crippen molar-refractivity contribution in [2.75, 3.05) is 11.9 Å². The molecule has 0 aliphatic heterocycles. The second kappa shape index (κ2) is 6.03. The fourth-order valence-corrected chi connectivity index (χ4v) is 3.88. The molecule has 1 fully saturated rings. The predicted octanol–water partition coefficient (Wildman–Crippen LogP) is 3.99. The van der Waals surface area contributed by atoms with Gasteiger partial charge in [-0.2, -0.15) is 0 Å². The Morgan fingerprint density at radius 2 is 2.04 bits per heavy atom. The second-order valence-corrected chi connectivity index (χ2v) is 6.92. The number of imidazole rings is 1. The standard InChI is InChI=1S/C19H21N4P/c1-2-12-3-5-14(6-4-12)16-17-18(20)21-7-8-23(17)19(22-16)15-9-13(10-15)11-24/h2-8,13,15H,1,9-11,24H2,(H2,20,21). The van der Waals surface area contributed by atoms with Crippen molar-refractivity contribution >= 4 is 26.7 Å². The Morgan fingerprint density at radius 3 is 2.71 bits per heavy atom. The minimum absolute atomic E-state index is 0.506. The Morgan fingerprint density at radius 1 is 1.29 bits per heavy atom. The molecule has 1 saturated carbocycles. The molecule has 4 nitrogen and oxygen atoms in total. The molecule has 2 N–H and O–H groups in total. The molecule has 24 heavy (non-hydrogen) atoms. The summed E-state index contributed by atoms with van der Waals surface area (Å²) in [6.07, 6.45) is 9.12. The van der Waals surface area contributed by atoms with E-state index in [0.717, 1.165) is 34.1 Å². The number of hydrogen-bond donors (Lipinski definition) is 1. The van der Waals surface area contributed by atoms with Gasteiger partial charge in [0, 0.05) is 23.9 Å². The Labute approximate surface area is 144 Å². The summed E-state index contributed by atoms with van der Waals surface area (Å²) < 4.78 is 2.13. The highest BCUT2D eigenvalue weighted by atomic mass is 31.0. The van der Waals surface area contributed by atoms with Gasteiger partial charge in [0.2, 0.25) is 0 Å². The van der Waals surface area contributed by atoms with E-state index in [9.17, 15) is 0 Å². The molecular formula is C19H21N4P. The summed E-state index contributed by atoms with van der Waals surface area (Å²) in [5.41, 5.74) is 10.2. The van der Waals surface area contributed by atoms with Gasteiger partial charge in [-0.1, -0.05) is 36.9 Å². The van der Waals surface area contributed by atoms with E-state index in [1.165, 1.54) is 19.0 Å². The minimum Gasteiger partial charge on any atom is -0.382 e. The van der Waals surface area contributed by atoms with Crippen molar-refractivity contribution in [3.63, 3.8) is 0 Å². The molecule has 1 aliphatic carbocycles. The van der Waals surface area contributed by atoms with E-state index >= 15 is 0 Å². The van der Waals surface area contributed by atoms with E-state index in [1.54, 1.807) is 6.20 Å². The van der Waals surface area contributed by atoms with Gasteiger partial charge < -0.3 is 5.73 Å². The quantitative estimate of drug-likeness (QED) is 0.733. The highest BCUT2D eigenvalue weighted by Crippen LogP contribution is 2.43. The maximum Gasteiger partial charge on any atom is 0.150 e. The molecule has 0 amide bonds. The summed E-state index contributed by atoms with van der Waals surface area (Å²) in [6, 6.07) is 8.24. The molecule has 2 aromatic heterocycles. The summed E-state index contributed by atoms with van der Waals surface area (Å²) in [5.74, 6) is 2.94. The van der Waals surface area contributed by atoms with E-state index in [-0.39, 0.29) is 0 Å². The van der Waals surface area contributed by atoms with Crippen LogP contribution in [0.25, 0.3) is 22.9 Å². The molecule has 1 aliphatic rings. The van der Waals surface area contributed by atoms with Gasteiger partial charge in [0.1, 0.15) is 22.9 Å². The summed E-state index contributed by atoms with van der Waals surface area (Å²) in [6.45, 7) is 3.81.